The van der Waals surface area contributed by atoms with E-state index in [1.807, 2.05) is 6.92 Å². The molecule has 0 amide bonds. The average molecular weight is 191 g/mol. The highest BCUT2D eigenvalue weighted by molar-refractivity contribution is 5.23. The van der Waals surface area contributed by atoms with E-state index in [0.29, 0.717) is 0 Å². The van der Waals surface area contributed by atoms with Crippen molar-refractivity contribution in [1.82, 2.24) is 9.97 Å². The van der Waals surface area contributed by atoms with Gasteiger partial charge in [0.1, 0.15) is 5.82 Å². The minimum atomic E-state index is -0.105. The summed E-state index contributed by atoms with van der Waals surface area (Å²) in [6.45, 7) is 6.10. The highest BCUT2D eigenvalue weighted by Crippen LogP contribution is 2.18. The van der Waals surface area contributed by atoms with Crippen LogP contribution < -0.4 is 0 Å². The monoisotopic (exact) mass is 191 g/mol. The molecule has 1 rings (SSSR count). The Labute approximate surface area is 85.2 Å². The van der Waals surface area contributed by atoms with Gasteiger partial charge in [-0.3, -0.25) is 0 Å². The van der Waals surface area contributed by atoms with Crippen molar-refractivity contribution >= 4 is 0 Å². The molecule has 1 aromatic heterocycles. The summed E-state index contributed by atoms with van der Waals surface area (Å²) < 4.78 is 0. The van der Waals surface area contributed by atoms with Crippen LogP contribution in [0.15, 0.2) is 0 Å². The molecule has 76 valence electrons. The molecule has 1 aromatic rings. The summed E-state index contributed by atoms with van der Waals surface area (Å²) in [6.07, 6.45) is 2.96. The van der Waals surface area contributed by atoms with Gasteiger partial charge < -0.3 is 4.98 Å². The van der Waals surface area contributed by atoms with Gasteiger partial charge in [-0.05, 0) is 19.8 Å². The summed E-state index contributed by atoms with van der Waals surface area (Å²) >= 11 is 0. The number of H-pyrrole nitrogens is 1. The standard InChI is InChI=1S/C11H17N3/c1-4-6-10-13-9(5-2)11(14-10)8(3)7-12/h8H,4-6H2,1-3H3,(H,13,14). The van der Waals surface area contributed by atoms with Crippen molar-refractivity contribution in [1.29, 1.82) is 5.26 Å². The van der Waals surface area contributed by atoms with Crippen LogP contribution >= 0.6 is 0 Å². The van der Waals surface area contributed by atoms with E-state index in [2.05, 4.69) is 29.9 Å². The second kappa shape index (κ2) is 4.80. The van der Waals surface area contributed by atoms with E-state index in [1.165, 1.54) is 0 Å². The summed E-state index contributed by atoms with van der Waals surface area (Å²) in [5.41, 5.74) is 2.04. The minimum Gasteiger partial charge on any atom is -0.346 e. The molecule has 0 bridgehead atoms. The van der Waals surface area contributed by atoms with Gasteiger partial charge in [-0.1, -0.05) is 13.8 Å². The predicted molar refractivity (Wildman–Crippen MR) is 56.0 cm³/mol. The van der Waals surface area contributed by atoms with E-state index in [-0.39, 0.29) is 5.92 Å². The Morgan fingerprint density at radius 2 is 2.21 bits per heavy atom. The summed E-state index contributed by atoms with van der Waals surface area (Å²) in [4.78, 5) is 7.75. The number of aromatic nitrogens is 2. The number of nitrogens with zero attached hydrogens (tertiary/aromatic N) is 2. The smallest absolute Gasteiger partial charge is 0.106 e. The molecule has 0 saturated heterocycles. The van der Waals surface area contributed by atoms with Gasteiger partial charge in [-0.25, -0.2) is 4.98 Å². The maximum absolute atomic E-state index is 8.84. The second-order valence-electron chi connectivity index (χ2n) is 3.50. The van der Waals surface area contributed by atoms with Crippen LogP contribution in [0.5, 0.6) is 0 Å². The average Bonchev–Trinajstić information content (AvgIpc) is 2.60. The normalized spacial score (nSPS) is 12.4. The largest absolute Gasteiger partial charge is 0.346 e. The summed E-state index contributed by atoms with van der Waals surface area (Å²) in [5.74, 6) is 0.910. The Hall–Kier alpha value is -1.30. The highest BCUT2D eigenvalue weighted by Gasteiger charge is 2.14. The Bertz CT molecular complexity index is 333. The second-order valence-corrected chi connectivity index (χ2v) is 3.50. The number of nitrogens with one attached hydrogen (secondary N) is 1. The first-order valence-corrected chi connectivity index (χ1v) is 5.20. The van der Waals surface area contributed by atoms with Crippen LogP contribution in [0.1, 0.15) is 50.3 Å². The molecule has 1 atom stereocenters. The Balaban J connectivity index is 2.97. The maximum atomic E-state index is 8.84. The summed E-state index contributed by atoms with van der Waals surface area (Å²) in [7, 11) is 0. The van der Waals surface area contributed by atoms with Gasteiger partial charge in [-0.15, -0.1) is 0 Å². The fourth-order valence-corrected chi connectivity index (χ4v) is 1.52. The molecule has 1 unspecified atom stereocenters. The van der Waals surface area contributed by atoms with Crippen LogP contribution in [0.3, 0.4) is 0 Å². The van der Waals surface area contributed by atoms with Gasteiger partial charge >= 0.3 is 0 Å². The van der Waals surface area contributed by atoms with E-state index < -0.39 is 0 Å². The van der Waals surface area contributed by atoms with E-state index in [4.69, 9.17) is 5.26 Å². The Kier molecular flexibility index (Phi) is 3.70. The third-order valence-electron chi connectivity index (χ3n) is 2.30. The SMILES string of the molecule is CCCc1nc(C(C)C#N)c(CC)[nH]1. The molecule has 3 heteroatoms. The molecule has 1 heterocycles. The van der Waals surface area contributed by atoms with Crippen molar-refractivity contribution in [3.63, 3.8) is 0 Å². The van der Waals surface area contributed by atoms with Gasteiger partial charge in [0, 0.05) is 12.1 Å². The van der Waals surface area contributed by atoms with E-state index in [9.17, 15) is 0 Å². The lowest BCUT2D eigenvalue weighted by molar-refractivity contribution is 0.841. The lowest BCUT2D eigenvalue weighted by Crippen LogP contribution is -1.95. The third kappa shape index (κ3) is 2.14. The van der Waals surface area contributed by atoms with Crippen molar-refractivity contribution in [2.75, 3.05) is 0 Å². The Morgan fingerprint density at radius 1 is 1.50 bits per heavy atom. The van der Waals surface area contributed by atoms with Crippen LogP contribution in [0, 0.1) is 11.3 Å². The van der Waals surface area contributed by atoms with Crippen molar-refractivity contribution in [3.8, 4) is 6.07 Å². The van der Waals surface area contributed by atoms with Crippen molar-refractivity contribution in [2.45, 2.75) is 46.0 Å². The topological polar surface area (TPSA) is 52.5 Å². The van der Waals surface area contributed by atoms with E-state index in [0.717, 1.165) is 36.5 Å². The molecule has 0 fully saturated rings. The molecule has 1 N–H and O–H groups in total. The fraction of sp³-hybridized carbons (Fsp3) is 0.636. The number of hydrogen-bond acceptors (Lipinski definition) is 2. The first-order chi connectivity index (χ1) is 6.72. The number of aromatic amines is 1. The summed E-state index contributed by atoms with van der Waals surface area (Å²) in [5, 5.41) is 8.84. The third-order valence-corrected chi connectivity index (χ3v) is 2.30. The van der Waals surface area contributed by atoms with Gasteiger partial charge in [0.2, 0.25) is 0 Å². The zero-order valence-electron chi connectivity index (χ0n) is 9.09. The molecule has 3 nitrogen and oxygen atoms in total. The first kappa shape index (κ1) is 10.8. The molecular weight excluding hydrogens is 174 g/mol. The molecule has 0 saturated carbocycles. The molecule has 0 aliphatic carbocycles. The number of aryl methyl sites for hydroxylation is 2. The van der Waals surface area contributed by atoms with Gasteiger partial charge in [0.05, 0.1) is 17.7 Å². The maximum Gasteiger partial charge on any atom is 0.106 e. The van der Waals surface area contributed by atoms with Crippen LogP contribution in [0.25, 0.3) is 0 Å². The quantitative estimate of drug-likeness (QED) is 0.795. The zero-order valence-corrected chi connectivity index (χ0v) is 9.09. The van der Waals surface area contributed by atoms with Crippen LogP contribution in [-0.2, 0) is 12.8 Å². The Morgan fingerprint density at radius 3 is 2.71 bits per heavy atom. The molecule has 0 aliphatic rings. The van der Waals surface area contributed by atoms with E-state index >= 15 is 0 Å². The number of hydrogen-bond donors (Lipinski definition) is 1. The molecular formula is C11H17N3. The van der Waals surface area contributed by atoms with Gasteiger partial charge in [0.15, 0.2) is 0 Å². The lowest BCUT2D eigenvalue weighted by atomic mass is 10.1. The number of rotatable bonds is 4. The number of imidazole rings is 1. The minimum absolute atomic E-state index is 0.105. The van der Waals surface area contributed by atoms with Crippen molar-refractivity contribution < 1.29 is 0 Å². The first-order valence-electron chi connectivity index (χ1n) is 5.20. The molecule has 14 heavy (non-hydrogen) atoms. The van der Waals surface area contributed by atoms with Crippen LogP contribution in [0.2, 0.25) is 0 Å². The summed E-state index contributed by atoms with van der Waals surface area (Å²) in [6, 6.07) is 2.23. The van der Waals surface area contributed by atoms with Crippen molar-refractivity contribution in [3.05, 3.63) is 17.2 Å². The van der Waals surface area contributed by atoms with E-state index in [1.54, 1.807) is 0 Å². The van der Waals surface area contributed by atoms with Crippen molar-refractivity contribution in [2.24, 2.45) is 0 Å². The van der Waals surface area contributed by atoms with Crippen LogP contribution in [-0.4, -0.2) is 9.97 Å². The lowest BCUT2D eigenvalue weighted by Gasteiger charge is -1.99. The molecule has 0 aliphatic heterocycles. The van der Waals surface area contributed by atoms with Gasteiger partial charge in [-0.2, -0.15) is 5.26 Å². The highest BCUT2D eigenvalue weighted by atomic mass is 14.9. The van der Waals surface area contributed by atoms with Crippen LogP contribution in [0.4, 0.5) is 0 Å². The molecule has 0 radical (unpaired) electrons. The molecule has 0 spiro atoms. The fourth-order valence-electron chi connectivity index (χ4n) is 1.52. The predicted octanol–water partition coefficient (Wildman–Crippen LogP) is 2.55. The molecule has 0 aromatic carbocycles. The number of nitriles is 1. The van der Waals surface area contributed by atoms with Gasteiger partial charge in [0.25, 0.3) is 0 Å². The zero-order chi connectivity index (χ0) is 10.6.